The summed E-state index contributed by atoms with van der Waals surface area (Å²) < 4.78 is 0. The van der Waals surface area contributed by atoms with Gasteiger partial charge < -0.3 is 5.73 Å². The molecule has 4 nitrogen and oxygen atoms in total. The first-order valence-electron chi connectivity index (χ1n) is 12.1. The molecule has 0 aliphatic rings. The third-order valence-corrected chi connectivity index (χ3v) is 5.33. The van der Waals surface area contributed by atoms with Gasteiger partial charge in [0, 0.05) is 6.42 Å². The summed E-state index contributed by atoms with van der Waals surface area (Å²) in [5, 5.41) is 2.43. The number of carbonyl (C=O) groups is 2. The van der Waals surface area contributed by atoms with E-state index in [1.165, 1.54) is 83.5 Å². The molecule has 0 unspecified atom stereocenters. The molecule has 0 aromatic rings. The average molecular weight is 397 g/mol. The zero-order valence-electron chi connectivity index (χ0n) is 19.1. The van der Waals surface area contributed by atoms with Crippen LogP contribution in [0.5, 0.6) is 0 Å². The van der Waals surface area contributed by atoms with Gasteiger partial charge in [0.25, 0.3) is 0 Å². The third kappa shape index (κ3) is 18.5. The summed E-state index contributed by atoms with van der Waals surface area (Å²) in [6.07, 6.45) is 20.6. The lowest BCUT2D eigenvalue weighted by molar-refractivity contribution is -0.131. The van der Waals surface area contributed by atoms with Gasteiger partial charge in [-0.1, -0.05) is 111 Å². The second kappa shape index (κ2) is 19.4. The van der Waals surface area contributed by atoms with Crippen molar-refractivity contribution < 1.29 is 9.59 Å². The molecule has 0 radical (unpaired) electrons. The van der Waals surface area contributed by atoms with Crippen LogP contribution in [0.3, 0.4) is 0 Å². The Balaban J connectivity index is 3.34. The largest absolute Gasteiger partial charge is 0.320 e. The van der Waals surface area contributed by atoms with Crippen LogP contribution < -0.4 is 11.1 Å². The molecule has 0 aliphatic heterocycles. The molecular weight excluding hydrogens is 348 g/mol. The topological polar surface area (TPSA) is 72.2 Å². The summed E-state index contributed by atoms with van der Waals surface area (Å²) in [7, 11) is 0. The molecule has 0 heterocycles. The van der Waals surface area contributed by atoms with Crippen molar-refractivity contribution in [1.82, 2.24) is 5.32 Å². The predicted octanol–water partition coefficient (Wildman–Crippen LogP) is 6.26. The Morgan fingerprint density at radius 3 is 1.50 bits per heavy atom. The number of nitrogens with two attached hydrogens (primary N) is 1. The van der Waals surface area contributed by atoms with Crippen LogP contribution in [-0.4, -0.2) is 17.9 Å². The highest BCUT2D eigenvalue weighted by atomic mass is 16.2. The number of hydrogen-bond donors (Lipinski definition) is 2. The summed E-state index contributed by atoms with van der Waals surface area (Å²) in [6.45, 7) is 6.31. The molecule has 0 saturated heterocycles. The Bertz CT molecular complexity index is 383. The number of imide groups is 1. The summed E-state index contributed by atoms with van der Waals surface area (Å²) in [5.74, 6) is -0.162. The maximum absolute atomic E-state index is 11.8. The first kappa shape index (κ1) is 27.1. The fraction of sp³-hybridized carbons (Fsp3) is 0.917. The summed E-state index contributed by atoms with van der Waals surface area (Å²) in [4.78, 5) is 23.6. The van der Waals surface area contributed by atoms with E-state index < -0.39 is 6.04 Å². The minimum Gasteiger partial charge on any atom is -0.320 e. The lowest BCUT2D eigenvalue weighted by Gasteiger charge is -2.13. The molecule has 0 spiro atoms. The quantitative estimate of drug-likeness (QED) is 0.253. The van der Waals surface area contributed by atoms with Gasteiger partial charge in [0.15, 0.2) is 0 Å². The van der Waals surface area contributed by atoms with Gasteiger partial charge in [-0.2, -0.15) is 0 Å². The summed E-state index contributed by atoms with van der Waals surface area (Å²) in [5.41, 5.74) is 5.79. The fourth-order valence-corrected chi connectivity index (χ4v) is 3.56. The van der Waals surface area contributed by atoms with Gasteiger partial charge in [-0.15, -0.1) is 0 Å². The molecule has 28 heavy (non-hydrogen) atoms. The van der Waals surface area contributed by atoms with Crippen molar-refractivity contribution in [3.05, 3.63) is 0 Å². The number of unbranched alkanes of at least 4 members (excludes halogenated alkanes) is 14. The van der Waals surface area contributed by atoms with E-state index >= 15 is 0 Å². The smallest absolute Gasteiger partial charge is 0.243 e. The molecule has 3 N–H and O–H groups in total. The third-order valence-electron chi connectivity index (χ3n) is 5.33. The highest BCUT2D eigenvalue weighted by Gasteiger charge is 2.17. The molecule has 166 valence electrons. The van der Waals surface area contributed by atoms with Crippen LogP contribution in [0.25, 0.3) is 0 Å². The van der Waals surface area contributed by atoms with Gasteiger partial charge in [0.1, 0.15) is 0 Å². The normalized spacial score (nSPS) is 12.3. The van der Waals surface area contributed by atoms with Gasteiger partial charge in [0.2, 0.25) is 11.8 Å². The molecule has 0 bridgehead atoms. The number of nitrogens with one attached hydrogen (secondary N) is 1. The van der Waals surface area contributed by atoms with Gasteiger partial charge >= 0.3 is 0 Å². The van der Waals surface area contributed by atoms with Crippen LogP contribution in [-0.2, 0) is 9.59 Å². The SMILES string of the molecule is CCCCCCCCCCCCCCCCCC(=O)NC(=O)[C@@H](N)CC(C)C. The number of hydrogen-bond acceptors (Lipinski definition) is 3. The molecule has 0 saturated carbocycles. The Kier molecular flexibility index (Phi) is 18.8. The second-order valence-corrected chi connectivity index (χ2v) is 8.85. The van der Waals surface area contributed by atoms with Gasteiger partial charge in [0.05, 0.1) is 6.04 Å². The van der Waals surface area contributed by atoms with E-state index in [1.807, 2.05) is 13.8 Å². The van der Waals surface area contributed by atoms with Crippen LogP contribution in [0.2, 0.25) is 0 Å². The van der Waals surface area contributed by atoms with E-state index in [2.05, 4.69) is 12.2 Å². The predicted molar refractivity (Wildman–Crippen MR) is 120 cm³/mol. The summed E-state index contributed by atoms with van der Waals surface area (Å²) >= 11 is 0. The minimum atomic E-state index is -0.579. The van der Waals surface area contributed by atoms with Crippen molar-refractivity contribution in [3.63, 3.8) is 0 Å². The molecule has 2 amide bonds. The summed E-state index contributed by atoms with van der Waals surface area (Å²) in [6, 6.07) is -0.579. The van der Waals surface area contributed by atoms with Crippen molar-refractivity contribution in [3.8, 4) is 0 Å². The van der Waals surface area contributed by atoms with E-state index in [4.69, 9.17) is 5.73 Å². The van der Waals surface area contributed by atoms with Crippen molar-refractivity contribution >= 4 is 11.8 Å². The van der Waals surface area contributed by atoms with Crippen LogP contribution >= 0.6 is 0 Å². The highest BCUT2D eigenvalue weighted by molar-refractivity contribution is 5.97. The lowest BCUT2D eigenvalue weighted by Crippen LogP contribution is -2.44. The minimum absolute atomic E-state index is 0.182. The van der Waals surface area contributed by atoms with Crippen molar-refractivity contribution in [2.24, 2.45) is 11.7 Å². The number of amides is 2. The zero-order valence-corrected chi connectivity index (χ0v) is 19.1. The monoisotopic (exact) mass is 396 g/mol. The van der Waals surface area contributed by atoms with Crippen LogP contribution in [0.15, 0.2) is 0 Å². The van der Waals surface area contributed by atoms with Crippen molar-refractivity contribution in [1.29, 1.82) is 0 Å². The molecule has 0 rings (SSSR count). The van der Waals surface area contributed by atoms with Gasteiger partial charge in [-0.25, -0.2) is 0 Å². The average Bonchev–Trinajstić information content (AvgIpc) is 2.64. The Hall–Kier alpha value is -0.900. The zero-order chi connectivity index (χ0) is 21.0. The van der Waals surface area contributed by atoms with Gasteiger partial charge in [-0.05, 0) is 18.8 Å². The second-order valence-electron chi connectivity index (χ2n) is 8.85. The number of carbonyl (C=O) groups excluding carboxylic acids is 2. The maximum Gasteiger partial charge on any atom is 0.243 e. The van der Waals surface area contributed by atoms with E-state index in [-0.39, 0.29) is 11.8 Å². The molecular formula is C24H48N2O2. The first-order valence-corrected chi connectivity index (χ1v) is 12.1. The van der Waals surface area contributed by atoms with Crippen molar-refractivity contribution in [2.45, 2.75) is 136 Å². The lowest BCUT2D eigenvalue weighted by atomic mass is 10.0. The van der Waals surface area contributed by atoms with E-state index in [9.17, 15) is 9.59 Å². The molecule has 0 aromatic carbocycles. The Labute approximate surface area is 174 Å². The van der Waals surface area contributed by atoms with Crippen LogP contribution in [0, 0.1) is 5.92 Å². The molecule has 0 aliphatic carbocycles. The molecule has 0 aromatic heterocycles. The van der Waals surface area contributed by atoms with Crippen molar-refractivity contribution in [2.75, 3.05) is 0 Å². The van der Waals surface area contributed by atoms with E-state index in [0.29, 0.717) is 18.8 Å². The van der Waals surface area contributed by atoms with E-state index in [1.54, 1.807) is 0 Å². The Morgan fingerprint density at radius 1 is 0.714 bits per heavy atom. The highest BCUT2D eigenvalue weighted by Crippen LogP contribution is 2.13. The number of rotatable bonds is 19. The van der Waals surface area contributed by atoms with Crippen LogP contribution in [0.1, 0.15) is 130 Å². The van der Waals surface area contributed by atoms with E-state index in [0.717, 1.165) is 12.8 Å². The molecule has 4 heteroatoms. The molecule has 0 fully saturated rings. The Morgan fingerprint density at radius 2 is 1.11 bits per heavy atom. The maximum atomic E-state index is 11.8. The standard InChI is InChI=1S/C24H48N2O2/c1-4-5-6-7-8-9-10-11-12-13-14-15-16-17-18-19-23(27)26-24(28)22(25)20-21(2)3/h21-22H,4-20,25H2,1-3H3,(H,26,27,28)/t22-/m0/s1. The molecule has 1 atom stereocenters. The van der Waals surface area contributed by atoms with Gasteiger partial charge in [-0.3, -0.25) is 14.9 Å². The fourth-order valence-electron chi connectivity index (χ4n) is 3.56. The first-order chi connectivity index (χ1) is 13.5. The van der Waals surface area contributed by atoms with Crippen LogP contribution in [0.4, 0.5) is 0 Å².